The van der Waals surface area contributed by atoms with Crippen molar-refractivity contribution in [3.63, 3.8) is 0 Å². The third-order valence-electron chi connectivity index (χ3n) is 3.27. The van der Waals surface area contributed by atoms with Crippen molar-refractivity contribution in [2.45, 2.75) is 57.9 Å². The minimum absolute atomic E-state index is 0.770. The molecule has 14 heavy (non-hydrogen) atoms. The van der Waals surface area contributed by atoms with Crippen LogP contribution < -0.4 is 5.32 Å². The molecule has 1 aliphatic carbocycles. The molecular formula is C13H23N. The van der Waals surface area contributed by atoms with Gasteiger partial charge in [-0.1, -0.05) is 19.8 Å². The van der Waals surface area contributed by atoms with E-state index in [1.165, 1.54) is 38.5 Å². The second-order valence-electron chi connectivity index (χ2n) is 4.31. The molecule has 1 aliphatic rings. The summed E-state index contributed by atoms with van der Waals surface area (Å²) in [6.45, 7) is 3.31. The van der Waals surface area contributed by atoms with Gasteiger partial charge in [0, 0.05) is 12.5 Å². The lowest BCUT2D eigenvalue weighted by molar-refractivity contribution is 0.249. The first-order valence-corrected chi connectivity index (χ1v) is 6.05. The van der Waals surface area contributed by atoms with E-state index in [1.54, 1.807) is 0 Å². The molecule has 0 radical (unpaired) electrons. The highest BCUT2D eigenvalue weighted by molar-refractivity contribution is 4.85. The van der Waals surface area contributed by atoms with Gasteiger partial charge in [0.2, 0.25) is 0 Å². The molecule has 80 valence electrons. The van der Waals surface area contributed by atoms with Gasteiger partial charge in [-0.15, -0.1) is 12.3 Å². The molecule has 0 amide bonds. The minimum Gasteiger partial charge on any atom is -0.314 e. The molecule has 0 spiro atoms. The van der Waals surface area contributed by atoms with Crippen LogP contribution in [0, 0.1) is 18.3 Å². The van der Waals surface area contributed by atoms with Crippen molar-refractivity contribution in [2.24, 2.45) is 5.92 Å². The van der Waals surface area contributed by atoms with Crippen LogP contribution in [0.3, 0.4) is 0 Å². The Morgan fingerprint density at radius 2 is 2.14 bits per heavy atom. The van der Waals surface area contributed by atoms with E-state index < -0.39 is 0 Å². The number of hydrogen-bond acceptors (Lipinski definition) is 1. The lowest BCUT2D eigenvalue weighted by Crippen LogP contribution is -2.38. The zero-order valence-corrected chi connectivity index (χ0v) is 9.39. The Kier molecular flexibility index (Phi) is 5.71. The van der Waals surface area contributed by atoms with Gasteiger partial charge in [-0.25, -0.2) is 0 Å². The fourth-order valence-electron chi connectivity index (χ4n) is 2.55. The summed E-state index contributed by atoms with van der Waals surface area (Å²) in [5, 5.41) is 3.61. The van der Waals surface area contributed by atoms with Crippen LogP contribution in [-0.2, 0) is 0 Å². The Labute approximate surface area is 88.7 Å². The van der Waals surface area contributed by atoms with Crippen molar-refractivity contribution < 1.29 is 0 Å². The SMILES string of the molecule is C#CCCCC1CCCCC1NCC. The smallest absolute Gasteiger partial charge is 0.00952 e. The minimum atomic E-state index is 0.770. The van der Waals surface area contributed by atoms with E-state index in [0.717, 1.165) is 24.9 Å². The zero-order valence-electron chi connectivity index (χ0n) is 9.39. The molecule has 1 N–H and O–H groups in total. The Morgan fingerprint density at radius 3 is 2.86 bits per heavy atom. The van der Waals surface area contributed by atoms with E-state index in [-0.39, 0.29) is 0 Å². The summed E-state index contributed by atoms with van der Waals surface area (Å²) in [6.07, 6.45) is 14.4. The second-order valence-corrected chi connectivity index (χ2v) is 4.31. The summed E-state index contributed by atoms with van der Waals surface area (Å²) in [5.74, 6) is 3.62. The molecule has 0 aromatic carbocycles. The summed E-state index contributed by atoms with van der Waals surface area (Å²) >= 11 is 0. The standard InChI is InChI=1S/C13H23N/c1-3-5-6-9-12-10-7-8-11-13(12)14-4-2/h1,12-14H,4-11H2,2H3. The molecule has 1 heteroatoms. The highest BCUT2D eigenvalue weighted by atomic mass is 14.9. The van der Waals surface area contributed by atoms with Gasteiger partial charge in [0.1, 0.15) is 0 Å². The number of hydrogen-bond donors (Lipinski definition) is 1. The maximum absolute atomic E-state index is 5.27. The van der Waals surface area contributed by atoms with Gasteiger partial charge in [0.25, 0.3) is 0 Å². The van der Waals surface area contributed by atoms with Gasteiger partial charge in [-0.2, -0.15) is 0 Å². The fourth-order valence-corrected chi connectivity index (χ4v) is 2.55. The largest absolute Gasteiger partial charge is 0.314 e. The van der Waals surface area contributed by atoms with Crippen LogP contribution in [0.2, 0.25) is 0 Å². The fraction of sp³-hybridized carbons (Fsp3) is 0.846. The predicted octanol–water partition coefficient (Wildman–Crippen LogP) is 2.96. The Morgan fingerprint density at radius 1 is 1.36 bits per heavy atom. The molecule has 0 bridgehead atoms. The van der Waals surface area contributed by atoms with E-state index in [4.69, 9.17) is 6.42 Å². The summed E-state index contributed by atoms with van der Waals surface area (Å²) in [6, 6.07) is 0.770. The normalized spacial score (nSPS) is 27.1. The molecule has 0 aliphatic heterocycles. The third kappa shape index (κ3) is 3.72. The van der Waals surface area contributed by atoms with Gasteiger partial charge in [-0.3, -0.25) is 0 Å². The molecule has 1 nitrogen and oxygen atoms in total. The van der Waals surface area contributed by atoms with Crippen LogP contribution in [-0.4, -0.2) is 12.6 Å². The average Bonchev–Trinajstić information content (AvgIpc) is 2.21. The molecule has 1 saturated carbocycles. The summed E-state index contributed by atoms with van der Waals surface area (Å²) in [7, 11) is 0. The van der Waals surface area contributed by atoms with Crippen molar-refractivity contribution in [3.05, 3.63) is 0 Å². The molecule has 0 aromatic heterocycles. The number of rotatable bonds is 5. The van der Waals surface area contributed by atoms with Gasteiger partial charge in [-0.05, 0) is 38.1 Å². The third-order valence-corrected chi connectivity index (χ3v) is 3.27. The number of nitrogens with one attached hydrogen (secondary N) is 1. The first-order valence-electron chi connectivity index (χ1n) is 6.05. The van der Waals surface area contributed by atoms with Crippen molar-refractivity contribution in [1.82, 2.24) is 5.32 Å². The zero-order chi connectivity index (χ0) is 10.2. The number of unbranched alkanes of at least 4 members (excludes halogenated alkanes) is 1. The van der Waals surface area contributed by atoms with E-state index in [2.05, 4.69) is 18.2 Å². The number of terminal acetylenes is 1. The lowest BCUT2D eigenvalue weighted by atomic mass is 9.81. The Balaban J connectivity index is 2.27. The Bertz CT molecular complexity index is 178. The van der Waals surface area contributed by atoms with Crippen molar-refractivity contribution in [1.29, 1.82) is 0 Å². The maximum atomic E-state index is 5.27. The van der Waals surface area contributed by atoms with Gasteiger partial charge < -0.3 is 5.32 Å². The van der Waals surface area contributed by atoms with E-state index in [1.807, 2.05) is 0 Å². The molecule has 0 heterocycles. The Hall–Kier alpha value is -0.480. The highest BCUT2D eigenvalue weighted by Gasteiger charge is 2.23. The van der Waals surface area contributed by atoms with Crippen LogP contribution in [0.4, 0.5) is 0 Å². The van der Waals surface area contributed by atoms with Gasteiger partial charge in [0.15, 0.2) is 0 Å². The summed E-state index contributed by atoms with van der Waals surface area (Å²) in [5.41, 5.74) is 0. The van der Waals surface area contributed by atoms with E-state index in [9.17, 15) is 0 Å². The van der Waals surface area contributed by atoms with Crippen LogP contribution in [0.1, 0.15) is 51.9 Å². The molecule has 2 unspecified atom stereocenters. The van der Waals surface area contributed by atoms with E-state index in [0.29, 0.717) is 0 Å². The van der Waals surface area contributed by atoms with Crippen molar-refractivity contribution >= 4 is 0 Å². The highest BCUT2D eigenvalue weighted by Crippen LogP contribution is 2.28. The van der Waals surface area contributed by atoms with Crippen LogP contribution in [0.15, 0.2) is 0 Å². The monoisotopic (exact) mass is 193 g/mol. The molecule has 2 atom stereocenters. The van der Waals surface area contributed by atoms with Crippen LogP contribution >= 0.6 is 0 Å². The van der Waals surface area contributed by atoms with Crippen LogP contribution in [0.5, 0.6) is 0 Å². The molecule has 1 fully saturated rings. The summed E-state index contributed by atoms with van der Waals surface area (Å²) in [4.78, 5) is 0. The molecule has 0 aromatic rings. The van der Waals surface area contributed by atoms with Gasteiger partial charge in [0.05, 0.1) is 0 Å². The lowest BCUT2D eigenvalue weighted by Gasteiger charge is -2.32. The van der Waals surface area contributed by atoms with E-state index >= 15 is 0 Å². The van der Waals surface area contributed by atoms with Crippen molar-refractivity contribution in [2.75, 3.05) is 6.54 Å². The molecule has 0 saturated heterocycles. The maximum Gasteiger partial charge on any atom is 0.00952 e. The first kappa shape index (κ1) is 11.6. The quantitative estimate of drug-likeness (QED) is 0.523. The average molecular weight is 193 g/mol. The van der Waals surface area contributed by atoms with Crippen LogP contribution in [0.25, 0.3) is 0 Å². The topological polar surface area (TPSA) is 12.0 Å². The van der Waals surface area contributed by atoms with Gasteiger partial charge >= 0.3 is 0 Å². The van der Waals surface area contributed by atoms with Crippen molar-refractivity contribution in [3.8, 4) is 12.3 Å². The molecule has 1 rings (SSSR count). The molecular weight excluding hydrogens is 170 g/mol. The second kappa shape index (κ2) is 6.90. The summed E-state index contributed by atoms with van der Waals surface area (Å²) < 4.78 is 0. The predicted molar refractivity (Wildman–Crippen MR) is 62.1 cm³/mol. The first-order chi connectivity index (χ1) is 6.88.